The van der Waals surface area contributed by atoms with Crippen LogP contribution in [0.3, 0.4) is 0 Å². The van der Waals surface area contributed by atoms with Crippen LogP contribution in [-0.4, -0.2) is 11.0 Å². The zero-order chi connectivity index (χ0) is 15.2. The van der Waals surface area contributed by atoms with Gasteiger partial charge < -0.3 is 4.74 Å². The van der Waals surface area contributed by atoms with Crippen LogP contribution < -0.4 is 0 Å². The van der Waals surface area contributed by atoms with Crippen molar-refractivity contribution in [2.75, 3.05) is 0 Å². The largest absolute Gasteiger partial charge is 0.444 e. The monoisotopic (exact) mass is 293 g/mol. The van der Waals surface area contributed by atoms with Gasteiger partial charge in [-0.2, -0.15) is 0 Å². The molecule has 0 N–H and O–H groups in total. The number of hydrogen-bond donors (Lipinski definition) is 0. The number of ether oxygens (including phenoxy) is 1. The molecule has 0 spiro atoms. The summed E-state index contributed by atoms with van der Waals surface area (Å²) in [5.74, 6) is 0. The van der Waals surface area contributed by atoms with Crippen molar-refractivity contribution in [1.82, 2.24) is 4.90 Å². The molecule has 3 heteroatoms. The molecule has 1 amide bonds. The van der Waals surface area contributed by atoms with E-state index in [9.17, 15) is 4.79 Å². The average Bonchev–Trinajstić information content (AvgIpc) is 2.61. The molecule has 3 rings (SSSR count). The van der Waals surface area contributed by atoms with E-state index in [0.29, 0.717) is 6.61 Å². The van der Waals surface area contributed by atoms with E-state index in [-0.39, 0.29) is 12.1 Å². The number of carbonyl (C=O) groups excluding carboxylic acids is 1. The second kappa shape index (κ2) is 6.94. The number of hydrogen-bond acceptors (Lipinski definition) is 2. The third kappa shape index (κ3) is 3.37. The summed E-state index contributed by atoms with van der Waals surface area (Å²) in [5, 5.41) is 0. The summed E-state index contributed by atoms with van der Waals surface area (Å²) in [5.41, 5.74) is 2.14. The first-order chi connectivity index (χ1) is 10.8. The Morgan fingerprint density at radius 3 is 2.45 bits per heavy atom. The van der Waals surface area contributed by atoms with Crippen LogP contribution in [-0.2, 0) is 11.3 Å². The van der Waals surface area contributed by atoms with Gasteiger partial charge >= 0.3 is 6.09 Å². The lowest BCUT2D eigenvalue weighted by Gasteiger charge is -2.31. The van der Waals surface area contributed by atoms with E-state index in [4.69, 9.17) is 4.74 Å². The van der Waals surface area contributed by atoms with Crippen molar-refractivity contribution in [2.45, 2.75) is 25.5 Å². The lowest BCUT2D eigenvalue weighted by atomic mass is 9.98. The molecule has 2 aromatic carbocycles. The van der Waals surface area contributed by atoms with Crippen LogP contribution in [0.2, 0.25) is 0 Å². The number of nitrogens with zero attached hydrogens (tertiary/aromatic N) is 1. The zero-order valence-corrected chi connectivity index (χ0v) is 12.4. The first-order valence-corrected chi connectivity index (χ1v) is 7.55. The van der Waals surface area contributed by atoms with E-state index in [1.165, 1.54) is 0 Å². The Morgan fingerprint density at radius 2 is 1.73 bits per heavy atom. The number of carbonyl (C=O) groups is 1. The summed E-state index contributed by atoms with van der Waals surface area (Å²) in [6.07, 6.45) is 5.45. The van der Waals surface area contributed by atoms with Gasteiger partial charge in [0.2, 0.25) is 0 Å². The van der Waals surface area contributed by atoms with Crippen LogP contribution in [0.25, 0.3) is 0 Å². The van der Waals surface area contributed by atoms with Gasteiger partial charge in [0.25, 0.3) is 0 Å². The summed E-state index contributed by atoms with van der Waals surface area (Å²) in [6, 6.07) is 19.9. The highest BCUT2D eigenvalue weighted by atomic mass is 16.6. The summed E-state index contributed by atoms with van der Waals surface area (Å²) in [4.78, 5) is 14.1. The smallest absolute Gasteiger partial charge is 0.414 e. The molecule has 0 aromatic heterocycles. The van der Waals surface area contributed by atoms with Gasteiger partial charge in [-0.1, -0.05) is 66.7 Å². The van der Waals surface area contributed by atoms with Crippen LogP contribution in [0.5, 0.6) is 0 Å². The van der Waals surface area contributed by atoms with Gasteiger partial charge in [-0.15, -0.1) is 0 Å². The van der Waals surface area contributed by atoms with Gasteiger partial charge in [-0.25, -0.2) is 4.79 Å². The zero-order valence-electron chi connectivity index (χ0n) is 12.4. The maximum Gasteiger partial charge on any atom is 0.414 e. The van der Waals surface area contributed by atoms with Crippen molar-refractivity contribution in [1.29, 1.82) is 0 Å². The molecule has 1 aliphatic rings. The molecule has 0 saturated heterocycles. The van der Waals surface area contributed by atoms with E-state index >= 15 is 0 Å². The van der Waals surface area contributed by atoms with Gasteiger partial charge in [0, 0.05) is 6.20 Å². The van der Waals surface area contributed by atoms with Gasteiger partial charge in [-0.05, 0) is 24.0 Å². The number of allylic oxidation sites excluding steroid dienone is 1. The minimum absolute atomic E-state index is 0.0504. The second-order valence-corrected chi connectivity index (χ2v) is 5.34. The van der Waals surface area contributed by atoms with Gasteiger partial charge in [0.15, 0.2) is 0 Å². The van der Waals surface area contributed by atoms with Crippen molar-refractivity contribution in [3.8, 4) is 0 Å². The molecule has 1 heterocycles. The summed E-state index contributed by atoms with van der Waals surface area (Å²) in [7, 11) is 0. The van der Waals surface area contributed by atoms with Crippen molar-refractivity contribution in [3.05, 3.63) is 84.1 Å². The number of benzene rings is 2. The van der Waals surface area contributed by atoms with E-state index in [0.717, 1.165) is 24.0 Å². The average molecular weight is 293 g/mol. The number of amides is 1. The molecule has 0 aliphatic carbocycles. The van der Waals surface area contributed by atoms with Crippen LogP contribution in [0, 0.1) is 0 Å². The lowest BCUT2D eigenvalue weighted by Crippen LogP contribution is -2.32. The predicted molar refractivity (Wildman–Crippen MR) is 86.0 cm³/mol. The Kier molecular flexibility index (Phi) is 4.54. The molecule has 22 heavy (non-hydrogen) atoms. The molecule has 1 aliphatic heterocycles. The minimum Gasteiger partial charge on any atom is -0.444 e. The van der Waals surface area contributed by atoms with Crippen molar-refractivity contribution >= 4 is 6.09 Å². The first-order valence-electron chi connectivity index (χ1n) is 7.55. The van der Waals surface area contributed by atoms with E-state index in [1.807, 2.05) is 60.8 Å². The third-order valence-corrected chi connectivity index (χ3v) is 3.81. The van der Waals surface area contributed by atoms with Crippen LogP contribution in [0.4, 0.5) is 4.79 Å². The Labute approximate surface area is 130 Å². The topological polar surface area (TPSA) is 29.5 Å². The standard InChI is InChI=1S/C19H19NO2/c21-19(22-15-16-9-3-1-4-10-16)20-14-8-7-13-18(20)17-11-5-2-6-12-17/h1-6,8-12,14,18H,7,13,15H2. The van der Waals surface area contributed by atoms with E-state index in [2.05, 4.69) is 12.1 Å². The van der Waals surface area contributed by atoms with Gasteiger partial charge in [-0.3, -0.25) is 4.90 Å². The molecular weight excluding hydrogens is 274 g/mol. The summed E-state index contributed by atoms with van der Waals surface area (Å²) >= 11 is 0. The first kappa shape index (κ1) is 14.4. The fourth-order valence-electron chi connectivity index (χ4n) is 2.67. The Hall–Kier alpha value is -2.55. The van der Waals surface area contributed by atoms with Gasteiger partial charge in [0.1, 0.15) is 6.61 Å². The van der Waals surface area contributed by atoms with Crippen LogP contribution in [0.15, 0.2) is 72.9 Å². The Balaban J connectivity index is 1.69. The van der Waals surface area contributed by atoms with Crippen LogP contribution in [0.1, 0.15) is 30.0 Å². The highest BCUT2D eigenvalue weighted by molar-refractivity contribution is 5.70. The Bertz CT molecular complexity index is 637. The molecule has 0 fully saturated rings. The minimum atomic E-state index is -0.298. The van der Waals surface area contributed by atoms with E-state index in [1.54, 1.807) is 4.90 Å². The van der Waals surface area contributed by atoms with Crippen molar-refractivity contribution in [2.24, 2.45) is 0 Å². The molecule has 2 aromatic rings. The molecule has 0 radical (unpaired) electrons. The quantitative estimate of drug-likeness (QED) is 0.822. The fraction of sp³-hybridized carbons (Fsp3) is 0.211. The molecule has 0 bridgehead atoms. The van der Waals surface area contributed by atoms with Gasteiger partial charge in [0.05, 0.1) is 6.04 Å². The highest BCUT2D eigenvalue weighted by Crippen LogP contribution is 2.30. The summed E-state index contributed by atoms with van der Waals surface area (Å²) < 4.78 is 5.46. The Morgan fingerprint density at radius 1 is 1.05 bits per heavy atom. The van der Waals surface area contributed by atoms with Crippen molar-refractivity contribution < 1.29 is 9.53 Å². The molecule has 1 unspecified atom stereocenters. The van der Waals surface area contributed by atoms with Crippen molar-refractivity contribution in [3.63, 3.8) is 0 Å². The molecule has 112 valence electrons. The fourth-order valence-corrected chi connectivity index (χ4v) is 2.67. The predicted octanol–water partition coefficient (Wildman–Crippen LogP) is 4.67. The molecule has 1 atom stereocenters. The SMILES string of the molecule is O=C(OCc1ccccc1)N1C=CCCC1c1ccccc1. The molecule has 0 saturated carbocycles. The number of rotatable bonds is 3. The highest BCUT2D eigenvalue weighted by Gasteiger charge is 2.26. The lowest BCUT2D eigenvalue weighted by molar-refractivity contribution is 0.0949. The normalized spacial score (nSPS) is 17.3. The second-order valence-electron chi connectivity index (χ2n) is 5.34. The maximum absolute atomic E-state index is 12.4. The molecule has 3 nitrogen and oxygen atoms in total. The van der Waals surface area contributed by atoms with E-state index < -0.39 is 0 Å². The third-order valence-electron chi connectivity index (χ3n) is 3.81. The molecular formula is C19H19NO2. The maximum atomic E-state index is 12.4. The van der Waals surface area contributed by atoms with Crippen LogP contribution >= 0.6 is 0 Å². The summed E-state index contributed by atoms with van der Waals surface area (Å²) in [6.45, 7) is 0.297.